The molecule has 0 bridgehead atoms. The molecule has 0 atom stereocenters. The van der Waals surface area contributed by atoms with Crippen molar-refractivity contribution < 1.29 is 12.9 Å². The van der Waals surface area contributed by atoms with Gasteiger partial charge in [-0.1, -0.05) is 41.6 Å². The minimum atomic E-state index is -3.47. The monoisotopic (exact) mass is 438 g/mol. The third kappa shape index (κ3) is 4.28. The molecular weight excluding hydrogens is 412 g/mol. The van der Waals surface area contributed by atoms with Crippen molar-refractivity contribution in [1.82, 2.24) is 19.3 Å². The minimum absolute atomic E-state index is 0.422. The summed E-state index contributed by atoms with van der Waals surface area (Å²) in [5.74, 6) is 1.12. The molecule has 1 aliphatic carbocycles. The van der Waals surface area contributed by atoms with Crippen LogP contribution < -0.4 is 0 Å². The van der Waals surface area contributed by atoms with Crippen molar-refractivity contribution in [3.8, 4) is 11.4 Å². The quantitative estimate of drug-likeness (QED) is 0.609. The largest absolute Gasteiger partial charge is 0.338 e. The van der Waals surface area contributed by atoms with Crippen LogP contribution >= 0.6 is 0 Å². The first kappa shape index (κ1) is 20.4. The SMILES string of the molecule is O=S(=O)(c1ccc2c(c1)CCCC2)N1CCN(Cc2nc(-c3ccccc3)no2)CC1. The van der Waals surface area contributed by atoms with E-state index in [1.165, 1.54) is 17.5 Å². The van der Waals surface area contributed by atoms with Gasteiger partial charge in [0.05, 0.1) is 11.4 Å². The van der Waals surface area contributed by atoms with E-state index in [2.05, 4.69) is 15.0 Å². The number of sulfonamides is 1. The van der Waals surface area contributed by atoms with Crippen LogP contribution in [0.2, 0.25) is 0 Å². The lowest BCUT2D eigenvalue weighted by molar-refractivity contribution is 0.163. The van der Waals surface area contributed by atoms with Gasteiger partial charge in [-0.2, -0.15) is 9.29 Å². The lowest BCUT2D eigenvalue weighted by atomic mass is 9.92. The highest BCUT2D eigenvalue weighted by molar-refractivity contribution is 7.89. The Morgan fingerprint density at radius 1 is 0.903 bits per heavy atom. The van der Waals surface area contributed by atoms with Gasteiger partial charge in [0, 0.05) is 31.7 Å². The molecule has 1 saturated heterocycles. The van der Waals surface area contributed by atoms with Gasteiger partial charge in [-0.05, 0) is 48.9 Å². The highest BCUT2D eigenvalue weighted by Gasteiger charge is 2.29. The van der Waals surface area contributed by atoms with Gasteiger partial charge in [0.15, 0.2) is 0 Å². The number of rotatable bonds is 5. The number of fused-ring (bicyclic) bond motifs is 1. The minimum Gasteiger partial charge on any atom is -0.338 e. The van der Waals surface area contributed by atoms with Crippen LogP contribution in [0.15, 0.2) is 57.9 Å². The van der Waals surface area contributed by atoms with Crippen molar-refractivity contribution >= 4 is 10.0 Å². The zero-order chi connectivity index (χ0) is 21.3. The van der Waals surface area contributed by atoms with Crippen LogP contribution in [0, 0.1) is 0 Å². The summed E-state index contributed by atoms with van der Waals surface area (Å²) in [5, 5.41) is 4.06. The van der Waals surface area contributed by atoms with Gasteiger partial charge in [0.25, 0.3) is 0 Å². The average Bonchev–Trinajstić information content (AvgIpc) is 3.28. The zero-order valence-electron chi connectivity index (χ0n) is 17.4. The van der Waals surface area contributed by atoms with Crippen LogP contribution in [0.4, 0.5) is 0 Å². The second-order valence-electron chi connectivity index (χ2n) is 8.20. The van der Waals surface area contributed by atoms with Gasteiger partial charge in [-0.3, -0.25) is 4.90 Å². The Morgan fingerprint density at radius 2 is 1.65 bits per heavy atom. The molecule has 0 saturated carbocycles. The van der Waals surface area contributed by atoms with E-state index in [1.807, 2.05) is 42.5 Å². The van der Waals surface area contributed by atoms with Crippen LogP contribution in [-0.4, -0.2) is 53.9 Å². The fourth-order valence-corrected chi connectivity index (χ4v) is 5.84. The van der Waals surface area contributed by atoms with E-state index >= 15 is 0 Å². The topological polar surface area (TPSA) is 79.5 Å². The van der Waals surface area contributed by atoms with Crippen molar-refractivity contribution in [2.24, 2.45) is 0 Å². The third-order valence-corrected chi connectivity index (χ3v) is 8.04. The molecule has 0 spiro atoms. The lowest BCUT2D eigenvalue weighted by Gasteiger charge is -2.33. The molecule has 1 aromatic heterocycles. The van der Waals surface area contributed by atoms with Crippen LogP contribution in [0.5, 0.6) is 0 Å². The van der Waals surface area contributed by atoms with E-state index < -0.39 is 10.0 Å². The summed E-state index contributed by atoms with van der Waals surface area (Å²) in [6.45, 7) is 2.70. The van der Waals surface area contributed by atoms with Crippen molar-refractivity contribution in [2.75, 3.05) is 26.2 Å². The standard InChI is InChI=1S/C23H26N4O3S/c28-31(29,21-11-10-18-6-4-5-9-20(18)16-21)27-14-12-26(13-15-27)17-22-24-23(25-30-22)19-7-2-1-3-8-19/h1-3,7-8,10-11,16H,4-6,9,12-15,17H2. The molecule has 3 aromatic rings. The van der Waals surface area contributed by atoms with Crippen LogP contribution in [-0.2, 0) is 29.4 Å². The summed E-state index contributed by atoms with van der Waals surface area (Å²) < 4.78 is 33.3. The summed E-state index contributed by atoms with van der Waals surface area (Å²) in [5.41, 5.74) is 3.40. The molecule has 2 aromatic carbocycles. The lowest BCUT2D eigenvalue weighted by Crippen LogP contribution is -2.48. The van der Waals surface area contributed by atoms with Gasteiger partial charge >= 0.3 is 0 Å². The van der Waals surface area contributed by atoms with Crippen LogP contribution in [0.1, 0.15) is 29.9 Å². The van der Waals surface area contributed by atoms with Crippen molar-refractivity contribution in [3.05, 3.63) is 65.5 Å². The molecule has 2 aliphatic rings. The van der Waals surface area contributed by atoms with Crippen LogP contribution in [0.25, 0.3) is 11.4 Å². The number of aromatic nitrogens is 2. The summed E-state index contributed by atoms with van der Waals surface area (Å²) in [7, 11) is -3.47. The van der Waals surface area contributed by atoms with Gasteiger partial charge in [0.1, 0.15) is 0 Å². The Morgan fingerprint density at radius 3 is 2.42 bits per heavy atom. The molecular formula is C23H26N4O3S. The van der Waals surface area contributed by atoms with Gasteiger partial charge in [-0.15, -0.1) is 0 Å². The molecule has 0 unspecified atom stereocenters. The first-order valence-corrected chi connectivity index (χ1v) is 12.3. The smallest absolute Gasteiger partial charge is 0.243 e. The third-order valence-electron chi connectivity index (χ3n) is 6.15. The van der Waals surface area contributed by atoms with Crippen molar-refractivity contribution in [1.29, 1.82) is 0 Å². The predicted molar refractivity (Wildman–Crippen MR) is 117 cm³/mol. The van der Waals surface area contributed by atoms with E-state index in [1.54, 1.807) is 10.4 Å². The van der Waals surface area contributed by atoms with Gasteiger partial charge < -0.3 is 4.52 Å². The average molecular weight is 439 g/mol. The Balaban J connectivity index is 1.22. The molecule has 1 aliphatic heterocycles. The number of hydrogen-bond acceptors (Lipinski definition) is 6. The van der Waals surface area contributed by atoms with Crippen molar-refractivity contribution in [3.63, 3.8) is 0 Å². The molecule has 31 heavy (non-hydrogen) atoms. The molecule has 8 heteroatoms. The highest BCUT2D eigenvalue weighted by atomic mass is 32.2. The van der Waals surface area contributed by atoms with E-state index in [0.717, 1.165) is 24.8 Å². The molecule has 0 radical (unpaired) electrons. The molecule has 0 N–H and O–H groups in total. The summed E-state index contributed by atoms with van der Waals surface area (Å²) in [6, 6.07) is 15.4. The fourth-order valence-electron chi connectivity index (χ4n) is 4.36. The predicted octanol–water partition coefficient (Wildman–Crippen LogP) is 3.12. The van der Waals surface area contributed by atoms with E-state index in [-0.39, 0.29) is 0 Å². The molecule has 162 valence electrons. The maximum absolute atomic E-state index is 13.2. The number of nitrogens with zero attached hydrogens (tertiary/aromatic N) is 4. The molecule has 2 heterocycles. The first-order valence-electron chi connectivity index (χ1n) is 10.8. The van der Waals surface area contributed by atoms with E-state index in [9.17, 15) is 8.42 Å². The fraction of sp³-hybridized carbons (Fsp3) is 0.391. The van der Waals surface area contributed by atoms with Gasteiger partial charge in [-0.25, -0.2) is 8.42 Å². The number of piperazine rings is 1. The Kier molecular flexibility index (Phi) is 5.60. The molecule has 7 nitrogen and oxygen atoms in total. The first-order chi connectivity index (χ1) is 15.1. The Hall–Kier alpha value is -2.55. The Labute approximate surface area is 182 Å². The maximum atomic E-state index is 13.2. The number of benzene rings is 2. The van der Waals surface area contributed by atoms with E-state index in [0.29, 0.717) is 49.3 Å². The highest BCUT2D eigenvalue weighted by Crippen LogP contribution is 2.26. The van der Waals surface area contributed by atoms with Crippen LogP contribution in [0.3, 0.4) is 0 Å². The van der Waals surface area contributed by atoms with E-state index in [4.69, 9.17) is 4.52 Å². The zero-order valence-corrected chi connectivity index (χ0v) is 18.2. The normalized spacial score (nSPS) is 18.1. The summed E-state index contributed by atoms with van der Waals surface area (Å²) >= 11 is 0. The summed E-state index contributed by atoms with van der Waals surface area (Å²) in [6.07, 6.45) is 4.35. The number of hydrogen-bond donors (Lipinski definition) is 0. The van der Waals surface area contributed by atoms with Crippen molar-refractivity contribution in [2.45, 2.75) is 37.1 Å². The molecule has 0 amide bonds. The Bertz CT molecular complexity index is 1150. The molecule has 1 fully saturated rings. The van der Waals surface area contributed by atoms with Gasteiger partial charge in [0.2, 0.25) is 21.7 Å². The maximum Gasteiger partial charge on any atom is 0.243 e. The second kappa shape index (κ2) is 8.53. The number of aryl methyl sites for hydroxylation is 2. The molecule has 5 rings (SSSR count). The second-order valence-corrected chi connectivity index (χ2v) is 10.1. The summed E-state index contributed by atoms with van der Waals surface area (Å²) in [4.78, 5) is 7.06.